The van der Waals surface area contributed by atoms with Crippen molar-refractivity contribution in [1.82, 2.24) is 4.98 Å². The minimum atomic E-state index is 0.380. The Morgan fingerprint density at radius 2 is 2.05 bits per heavy atom. The number of aromatic nitrogens is 1. The molecule has 0 bridgehead atoms. The first-order valence-electron chi connectivity index (χ1n) is 7.02. The number of thiophene rings is 1. The Hall–Kier alpha value is -1.87. The zero-order chi connectivity index (χ0) is 13.8. The van der Waals surface area contributed by atoms with E-state index in [1.165, 1.54) is 22.4 Å². The zero-order valence-corrected chi connectivity index (χ0v) is 12.4. The quantitative estimate of drug-likeness (QED) is 0.691. The third-order valence-corrected chi connectivity index (χ3v) is 4.43. The second kappa shape index (κ2) is 6.06. The summed E-state index contributed by atoms with van der Waals surface area (Å²) in [5.41, 5.74) is 2.21. The van der Waals surface area contributed by atoms with Crippen LogP contribution in [-0.4, -0.2) is 4.98 Å². The topological polar surface area (TPSA) is 24.9 Å². The Balaban J connectivity index is 1.94. The highest BCUT2D eigenvalue weighted by molar-refractivity contribution is 7.10. The van der Waals surface area contributed by atoms with Gasteiger partial charge < -0.3 is 5.32 Å². The zero-order valence-electron chi connectivity index (χ0n) is 11.5. The molecule has 3 aromatic rings. The molecular weight excluding hydrogens is 264 g/mol. The summed E-state index contributed by atoms with van der Waals surface area (Å²) in [4.78, 5) is 5.82. The van der Waals surface area contributed by atoms with Gasteiger partial charge in [-0.3, -0.25) is 4.98 Å². The van der Waals surface area contributed by atoms with Gasteiger partial charge in [-0.15, -0.1) is 11.3 Å². The van der Waals surface area contributed by atoms with Crippen molar-refractivity contribution >= 4 is 27.9 Å². The van der Waals surface area contributed by atoms with Gasteiger partial charge in [0.05, 0.1) is 11.6 Å². The van der Waals surface area contributed by atoms with Gasteiger partial charge in [0.15, 0.2) is 0 Å². The van der Waals surface area contributed by atoms with Crippen LogP contribution in [-0.2, 0) is 0 Å². The molecule has 1 unspecified atom stereocenters. The van der Waals surface area contributed by atoms with Crippen LogP contribution in [0.5, 0.6) is 0 Å². The Labute approximate surface area is 123 Å². The van der Waals surface area contributed by atoms with E-state index in [0.29, 0.717) is 6.04 Å². The van der Waals surface area contributed by atoms with E-state index in [4.69, 9.17) is 0 Å². The molecule has 20 heavy (non-hydrogen) atoms. The van der Waals surface area contributed by atoms with Gasteiger partial charge in [-0.1, -0.05) is 37.6 Å². The maximum Gasteiger partial charge on any atom is 0.0722 e. The van der Waals surface area contributed by atoms with Crippen LogP contribution in [0.3, 0.4) is 0 Å². The van der Waals surface area contributed by atoms with E-state index in [2.05, 4.69) is 59.0 Å². The minimum absolute atomic E-state index is 0.380. The van der Waals surface area contributed by atoms with Crippen molar-refractivity contribution < 1.29 is 0 Å². The fraction of sp³-hybridized carbons (Fsp3) is 0.235. The number of anilines is 1. The lowest BCUT2D eigenvalue weighted by atomic mass is 10.1. The van der Waals surface area contributed by atoms with Crippen LogP contribution in [0.4, 0.5) is 5.69 Å². The lowest BCUT2D eigenvalue weighted by Gasteiger charge is -2.19. The molecule has 0 saturated heterocycles. The predicted octanol–water partition coefficient (Wildman–Crippen LogP) is 5.25. The van der Waals surface area contributed by atoms with Crippen molar-refractivity contribution in [3.05, 3.63) is 58.9 Å². The molecular formula is C17H18N2S. The smallest absolute Gasteiger partial charge is 0.0722 e. The van der Waals surface area contributed by atoms with Crippen molar-refractivity contribution in [2.24, 2.45) is 0 Å². The molecule has 102 valence electrons. The SMILES string of the molecule is CCCC(Nc1ccnc2ccccc12)c1cccs1. The molecule has 3 heteroatoms. The minimum Gasteiger partial charge on any atom is -0.377 e. The van der Waals surface area contributed by atoms with E-state index in [1.54, 1.807) is 0 Å². The second-order valence-electron chi connectivity index (χ2n) is 4.88. The number of rotatable bonds is 5. The van der Waals surface area contributed by atoms with Crippen LogP contribution in [0.25, 0.3) is 10.9 Å². The summed E-state index contributed by atoms with van der Waals surface area (Å²) in [6.45, 7) is 2.23. The number of hydrogen-bond acceptors (Lipinski definition) is 3. The summed E-state index contributed by atoms with van der Waals surface area (Å²) in [5, 5.41) is 7.03. The molecule has 0 saturated carbocycles. The standard InChI is InChI=1S/C17H18N2S/c1-2-6-16(17-9-5-12-20-17)19-15-10-11-18-14-8-4-3-7-13(14)15/h3-5,7-12,16H,2,6H2,1H3,(H,18,19). The second-order valence-corrected chi connectivity index (χ2v) is 5.86. The molecule has 0 aliphatic carbocycles. The molecule has 2 aromatic heterocycles. The van der Waals surface area contributed by atoms with E-state index in [1.807, 2.05) is 23.6 Å². The number of nitrogens with one attached hydrogen (secondary N) is 1. The summed E-state index contributed by atoms with van der Waals surface area (Å²) >= 11 is 1.82. The van der Waals surface area contributed by atoms with Crippen molar-refractivity contribution in [3.63, 3.8) is 0 Å². The van der Waals surface area contributed by atoms with E-state index in [-0.39, 0.29) is 0 Å². The number of fused-ring (bicyclic) bond motifs is 1. The van der Waals surface area contributed by atoms with Crippen molar-refractivity contribution in [2.45, 2.75) is 25.8 Å². The fourth-order valence-electron chi connectivity index (χ4n) is 2.47. The van der Waals surface area contributed by atoms with E-state index < -0.39 is 0 Å². The number of nitrogens with zero attached hydrogens (tertiary/aromatic N) is 1. The Kier molecular flexibility index (Phi) is 3.97. The summed E-state index contributed by atoms with van der Waals surface area (Å²) in [5.74, 6) is 0. The molecule has 0 fully saturated rings. The van der Waals surface area contributed by atoms with E-state index in [0.717, 1.165) is 11.9 Å². The Morgan fingerprint density at radius 1 is 1.15 bits per heavy atom. The largest absolute Gasteiger partial charge is 0.377 e. The number of hydrogen-bond donors (Lipinski definition) is 1. The fourth-order valence-corrected chi connectivity index (χ4v) is 3.29. The molecule has 1 N–H and O–H groups in total. The van der Waals surface area contributed by atoms with Crippen LogP contribution in [0.2, 0.25) is 0 Å². The van der Waals surface area contributed by atoms with Crippen LogP contribution in [0.1, 0.15) is 30.7 Å². The van der Waals surface area contributed by atoms with Gasteiger partial charge in [-0.25, -0.2) is 0 Å². The monoisotopic (exact) mass is 282 g/mol. The predicted molar refractivity (Wildman–Crippen MR) is 87.3 cm³/mol. The maximum absolute atomic E-state index is 4.42. The number of para-hydroxylation sites is 1. The first-order chi connectivity index (χ1) is 9.88. The van der Waals surface area contributed by atoms with Gasteiger partial charge in [0.1, 0.15) is 0 Å². The van der Waals surface area contributed by atoms with Gasteiger partial charge in [0, 0.05) is 22.1 Å². The van der Waals surface area contributed by atoms with E-state index in [9.17, 15) is 0 Å². The van der Waals surface area contributed by atoms with Crippen LogP contribution >= 0.6 is 11.3 Å². The van der Waals surface area contributed by atoms with Crippen LogP contribution < -0.4 is 5.32 Å². The molecule has 0 amide bonds. The average Bonchev–Trinajstić information content (AvgIpc) is 3.01. The van der Waals surface area contributed by atoms with Crippen LogP contribution in [0.15, 0.2) is 54.0 Å². The van der Waals surface area contributed by atoms with Gasteiger partial charge in [0.25, 0.3) is 0 Å². The molecule has 0 spiro atoms. The van der Waals surface area contributed by atoms with Crippen molar-refractivity contribution in [3.8, 4) is 0 Å². The molecule has 0 radical (unpaired) electrons. The molecule has 1 aromatic carbocycles. The van der Waals surface area contributed by atoms with Gasteiger partial charge in [-0.05, 0) is 30.0 Å². The first kappa shape index (κ1) is 13.1. The highest BCUT2D eigenvalue weighted by Gasteiger charge is 2.12. The highest BCUT2D eigenvalue weighted by Crippen LogP contribution is 2.30. The third kappa shape index (κ3) is 2.68. The molecule has 0 aliphatic rings. The average molecular weight is 282 g/mol. The summed E-state index contributed by atoms with van der Waals surface area (Å²) in [6.07, 6.45) is 4.18. The van der Waals surface area contributed by atoms with Crippen molar-refractivity contribution in [2.75, 3.05) is 5.32 Å². The van der Waals surface area contributed by atoms with E-state index >= 15 is 0 Å². The first-order valence-corrected chi connectivity index (χ1v) is 7.90. The van der Waals surface area contributed by atoms with Gasteiger partial charge in [0.2, 0.25) is 0 Å². The number of pyridine rings is 1. The lowest BCUT2D eigenvalue weighted by Crippen LogP contribution is -2.09. The highest BCUT2D eigenvalue weighted by atomic mass is 32.1. The Morgan fingerprint density at radius 3 is 2.85 bits per heavy atom. The number of benzene rings is 1. The van der Waals surface area contributed by atoms with Crippen LogP contribution in [0, 0.1) is 0 Å². The molecule has 2 heterocycles. The normalized spacial score (nSPS) is 12.4. The summed E-state index contributed by atoms with van der Waals surface area (Å²) < 4.78 is 0. The summed E-state index contributed by atoms with van der Waals surface area (Å²) in [6, 6.07) is 15.1. The van der Waals surface area contributed by atoms with Crippen molar-refractivity contribution in [1.29, 1.82) is 0 Å². The summed E-state index contributed by atoms with van der Waals surface area (Å²) in [7, 11) is 0. The third-order valence-electron chi connectivity index (χ3n) is 3.44. The lowest BCUT2D eigenvalue weighted by molar-refractivity contribution is 0.688. The molecule has 0 aliphatic heterocycles. The Bertz CT molecular complexity index is 671. The van der Waals surface area contributed by atoms with Gasteiger partial charge >= 0.3 is 0 Å². The molecule has 3 rings (SSSR count). The molecule has 2 nitrogen and oxygen atoms in total. The maximum atomic E-state index is 4.42. The van der Waals surface area contributed by atoms with Gasteiger partial charge in [-0.2, -0.15) is 0 Å². The molecule has 1 atom stereocenters.